The number of phosphoric ester groups is 1. The third kappa shape index (κ3) is 39.1. The van der Waals surface area contributed by atoms with Crippen molar-refractivity contribution in [2.24, 2.45) is 5.73 Å². The van der Waals surface area contributed by atoms with Crippen molar-refractivity contribution in [3.05, 3.63) is 97.2 Å². The number of hydrogen-bond acceptors (Lipinski definition) is 9. The van der Waals surface area contributed by atoms with Gasteiger partial charge in [0.2, 0.25) is 0 Å². The minimum Gasteiger partial charge on any atom is -0.462 e. The molecule has 0 aliphatic heterocycles. The summed E-state index contributed by atoms with van der Waals surface area (Å²) in [5, 5.41) is 9.88. The van der Waals surface area contributed by atoms with Gasteiger partial charge in [-0.1, -0.05) is 143 Å². The average Bonchev–Trinajstić information content (AvgIpc) is 3.18. The predicted molar refractivity (Wildman–Crippen MR) is 230 cm³/mol. The molecule has 0 aromatic heterocycles. The number of phosphoric acid groups is 1. The maximum atomic E-state index is 12.5. The maximum absolute atomic E-state index is 12.5. The van der Waals surface area contributed by atoms with Crippen LogP contribution in [0.15, 0.2) is 97.2 Å². The number of unbranched alkanes of at least 4 members (excludes halogenated alkanes) is 7. The van der Waals surface area contributed by atoms with Crippen molar-refractivity contribution in [2.45, 2.75) is 148 Å². The fourth-order valence-corrected chi connectivity index (χ4v) is 5.67. The van der Waals surface area contributed by atoms with E-state index >= 15 is 0 Å². The highest BCUT2D eigenvalue weighted by molar-refractivity contribution is 7.47. The van der Waals surface area contributed by atoms with Gasteiger partial charge < -0.3 is 25.2 Å². The molecule has 0 bridgehead atoms. The standard InChI is InChI=1S/C45H74NO9P/c1-3-5-7-8-9-10-11-12-13-14-15-16-19-23-26-29-33-37-45(49)55-43(41-54-56(50,51)53-39-38-46)40-52-44(48)36-32-28-25-22-20-17-18-21-24-27-31-35-42(47)34-30-6-4-2/h9-10,12-13,15-18,22-27,31,35,42-43,47H,3-8,11,14,19-21,28-30,32-34,36-41,46H2,1-2H3,(H,50,51)/b10-9-,13-12-,16-15-,18-17-,25-22-,26-23-,27-24-,35-31+/t42-,43-/m1/s1. The number of hydrogen-bond donors (Lipinski definition) is 3. The molecule has 0 heterocycles. The molecular formula is C45H74NO9P. The Labute approximate surface area is 339 Å². The molecule has 10 nitrogen and oxygen atoms in total. The topological polar surface area (TPSA) is 155 Å². The van der Waals surface area contributed by atoms with Crippen LogP contribution < -0.4 is 5.73 Å². The van der Waals surface area contributed by atoms with Crippen molar-refractivity contribution < 1.29 is 42.7 Å². The van der Waals surface area contributed by atoms with E-state index in [4.69, 9.17) is 24.3 Å². The number of allylic oxidation sites excluding steroid dienone is 15. The molecule has 11 heteroatoms. The molecule has 0 aromatic carbocycles. The van der Waals surface area contributed by atoms with E-state index in [1.807, 2.05) is 42.5 Å². The van der Waals surface area contributed by atoms with E-state index in [1.165, 1.54) is 19.3 Å². The lowest BCUT2D eigenvalue weighted by molar-refractivity contribution is -0.161. The third-order valence-corrected chi connectivity index (χ3v) is 9.03. The lowest BCUT2D eigenvalue weighted by Crippen LogP contribution is -2.29. The molecule has 318 valence electrons. The van der Waals surface area contributed by atoms with Crippen molar-refractivity contribution in [1.29, 1.82) is 0 Å². The van der Waals surface area contributed by atoms with Gasteiger partial charge in [0.05, 0.1) is 19.3 Å². The summed E-state index contributed by atoms with van der Waals surface area (Å²) in [5.74, 6) is -0.998. The summed E-state index contributed by atoms with van der Waals surface area (Å²) in [6.45, 7) is 3.40. The average molecular weight is 804 g/mol. The van der Waals surface area contributed by atoms with Crippen molar-refractivity contribution in [3.63, 3.8) is 0 Å². The molecule has 0 fully saturated rings. The first-order chi connectivity index (χ1) is 27.2. The van der Waals surface area contributed by atoms with Gasteiger partial charge in [-0.2, -0.15) is 0 Å². The molecule has 0 saturated heterocycles. The molecule has 0 rings (SSSR count). The Balaban J connectivity index is 4.44. The minimum absolute atomic E-state index is 0.0251. The molecule has 56 heavy (non-hydrogen) atoms. The molecule has 0 saturated carbocycles. The lowest BCUT2D eigenvalue weighted by Gasteiger charge is -2.19. The van der Waals surface area contributed by atoms with Crippen LogP contribution in [0.2, 0.25) is 0 Å². The van der Waals surface area contributed by atoms with Crippen LogP contribution in [0.25, 0.3) is 0 Å². The molecule has 0 aromatic rings. The van der Waals surface area contributed by atoms with Gasteiger partial charge in [-0.05, 0) is 77.0 Å². The van der Waals surface area contributed by atoms with Gasteiger partial charge >= 0.3 is 19.8 Å². The molecule has 0 spiro atoms. The van der Waals surface area contributed by atoms with Crippen LogP contribution >= 0.6 is 7.82 Å². The fraction of sp³-hybridized carbons (Fsp3) is 0.600. The summed E-state index contributed by atoms with van der Waals surface area (Å²) in [6, 6.07) is 0. The second-order valence-corrected chi connectivity index (χ2v) is 14.8. The lowest BCUT2D eigenvalue weighted by atomic mass is 10.1. The largest absolute Gasteiger partial charge is 0.472 e. The second-order valence-electron chi connectivity index (χ2n) is 13.3. The number of aliphatic hydroxyl groups is 1. The summed E-state index contributed by atoms with van der Waals surface area (Å²) in [5.41, 5.74) is 5.33. The van der Waals surface area contributed by atoms with Gasteiger partial charge in [0.15, 0.2) is 6.10 Å². The van der Waals surface area contributed by atoms with Crippen LogP contribution in [-0.4, -0.2) is 60.5 Å². The van der Waals surface area contributed by atoms with E-state index in [2.05, 4.69) is 68.5 Å². The minimum atomic E-state index is -4.42. The highest BCUT2D eigenvalue weighted by atomic mass is 31.2. The monoisotopic (exact) mass is 804 g/mol. The van der Waals surface area contributed by atoms with Crippen LogP contribution in [0.5, 0.6) is 0 Å². The summed E-state index contributed by atoms with van der Waals surface area (Å²) in [7, 11) is -4.42. The van der Waals surface area contributed by atoms with Crippen LogP contribution in [0.4, 0.5) is 0 Å². The zero-order valence-electron chi connectivity index (χ0n) is 34.4. The summed E-state index contributed by atoms with van der Waals surface area (Å²) in [6.07, 6.45) is 47.8. The molecule has 3 atom stereocenters. The normalized spacial score (nSPS) is 14.9. The van der Waals surface area contributed by atoms with Crippen molar-refractivity contribution in [1.82, 2.24) is 0 Å². The van der Waals surface area contributed by atoms with E-state index in [-0.39, 0.29) is 38.7 Å². The highest BCUT2D eigenvalue weighted by Gasteiger charge is 2.25. The van der Waals surface area contributed by atoms with Crippen molar-refractivity contribution in [3.8, 4) is 0 Å². The Morgan fingerprint density at radius 2 is 1.12 bits per heavy atom. The van der Waals surface area contributed by atoms with Crippen LogP contribution in [0.1, 0.15) is 136 Å². The number of carbonyl (C=O) groups is 2. The zero-order chi connectivity index (χ0) is 41.2. The van der Waals surface area contributed by atoms with Crippen molar-refractivity contribution >= 4 is 19.8 Å². The fourth-order valence-electron chi connectivity index (χ4n) is 4.90. The Kier molecular flexibility index (Phi) is 37.9. The van der Waals surface area contributed by atoms with Gasteiger partial charge in [-0.15, -0.1) is 0 Å². The first kappa shape index (κ1) is 52.9. The van der Waals surface area contributed by atoms with E-state index < -0.39 is 32.5 Å². The quantitative estimate of drug-likeness (QED) is 0.0182. The Morgan fingerprint density at radius 1 is 0.625 bits per heavy atom. The Bertz CT molecular complexity index is 1250. The molecular weight excluding hydrogens is 729 g/mol. The number of ether oxygens (including phenoxy) is 2. The van der Waals surface area contributed by atoms with Crippen LogP contribution in [-0.2, 0) is 32.7 Å². The van der Waals surface area contributed by atoms with Gasteiger partial charge in [-0.3, -0.25) is 18.6 Å². The molecule has 4 N–H and O–H groups in total. The van der Waals surface area contributed by atoms with E-state index in [0.717, 1.165) is 64.2 Å². The molecule has 1 unspecified atom stereocenters. The molecule has 0 aliphatic carbocycles. The van der Waals surface area contributed by atoms with E-state index in [9.17, 15) is 24.2 Å². The number of rotatable bonds is 37. The van der Waals surface area contributed by atoms with Gasteiger partial charge in [0, 0.05) is 19.4 Å². The first-order valence-electron chi connectivity index (χ1n) is 20.8. The zero-order valence-corrected chi connectivity index (χ0v) is 35.3. The van der Waals surface area contributed by atoms with E-state index in [1.54, 1.807) is 0 Å². The van der Waals surface area contributed by atoms with E-state index in [0.29, 0.717) is 25.7 Å². The number of carbonyl (C=O) groups excluding carboxylic acids is 2. The summed E-state index contributed by atoms with van der Waals surface area (Å²) < 4.78 is 32.6. The molecule has 0 amide bonds. The molecule has 0 radical (unpaired) electrons. The molecule has 0 aliphatic rings. The number of nitrogens with two attached hydrogens (primary N) is 1. The smallest absolute Gasteiger partial charge is 0.462 e. The third-order valence-electron chi connectivity index (χ3n) is 8.05. The SMILES string of the molecule is CCCCC/C=C\C/C=C\C/C=C\C/C=C\CCCC(=O)O[C@H](COC(=O)CCC/C=C\C/C=C\C/C=C\C=C\[C@H](O)CCCCC)COP(=O)(O)OCCN. The van der Waals surface area contributed by atoms with Crippen LogP contribution in [0, 0.1) is 0 Å². The Hall–Kier alpha value is -3.11. The Morgan fingerprint density at radius 3 is 1.68 bits per heavy atom. The summed E-state index contributed by atoms with van der Waals surface area (Å²) in [4.78, 5) is 34.8. The van der Waals surface area contributed by atoms with Gasteiger partial charge in [-0.25, -0.2) is 4.57 Å². The summed E-state index contributed by atoms with van der Waals surface area (Å²) >= 11 is 0. The maximum Gasteiger partial charge on any atom is 0.472 e. The second kappa shape index (κ2) is 40.1. The van der Waals surface area contributed by atoms with Gasteiger partial charge in [0.25, 0.3) is 0 Å². The van der Waals surface area contributed by atoms with Crippen molar-refractivity contribution in [2.75, 3.05) is 26.4 Å². The first-order valence-corrected chi connectivity index (χ1v) is 22.3. The number of aliphatic hydroxyl groups excluding tert-OH is 1. The predicted octanol–water partition coefficient (Wildman–Crippen LogP) is 10.8. The van der Waals surface area contributed by atoms with Gasteiger partial charge in [0.1, 0.15) is 6.61 Å². The highest BCUT2D eigenvalue weighted by Crippen LogP contribution is 2.43. The number of esters is 2. The van der Waals surface area contributed by atoms with Crippen LogP contribution in [0.3, 0.4) is 0 Å².